The summed E-state index contributed by atoms with van der Waals surface area (Å²) in [5.41, 5.74) is 0. The Morgan fingerprint density at radius 2 is 1.57 bits per heavy atom. The molecule has 0 spiro atoms. The zero-order valence-electron chi connectivity index (χ0n) is 13.2. The third-order valence-electron chi connectivity index (χ3n) is 2.59. The van der Waals surface area contributed by atoms with Crippen LogP contribution in [-0.2, 0) is 4.79 Å². The first-order chi connectivity index (χ1) is 9.92. The fourth-order valence-electron chi connectivity index (χ4n) is 1.67. The molecule has 1 aromatic rings. The molecular formula is C15H21NO5. The number of nitrogens with zero attached hydrogens (tertiary/aromatic N) is 1. The quantitative estimate of drug-likeness (QED) is 0.567. The molecule has 0 unspecified atom stereocenters. The van der Waals surface area contributed by atoms with Crippen LogP contribution in [-0.4, -0.2) is 46.1 Å². The maximum Gasteiger partial charge on any atom is 0.203 e. The minimum Gasteiger partial charge on any atom is -0.493 e. The molecule has 0 aliphatic heterocycles. The van der Waals surface area contributed by atoms with Crippen LogP contribution in [0.4, 0.5) is 0 Å². The van der Waals surface area contributed by atoms with Gasteiger partial charge in [-0.15, -0.1) is 0 Å². The van der Waals surface area contributed by atoms with Gasteiger partial charge in [0.25, 0.3) is 0 Å². The van der Waals surface area contributed by atoms with E-state index in [1.807, 2.05) is 14.1 Å². The van der Waals surface area contributed by atoms with E-state index in [1.54, 1.807) is 23.2 Å². The summed E-state index contributed by atoms with van der Waals surface area (Å²) in [6, 6.07) is 3.27. The SMILES string of the molecule is COc1cc(O/C(=C\N(C)C)C(C)=O)cc(OC)c1OC. The van der Waals surface area contributed by atoms with Crippen molar-refractivity contribution >= 4 is 5.78 Å². The van der Waals surface area contributed by atoms with E-state index in [1.165, 1.54) is 28.3 Å². The molecule has 0 atom stereocenters. The first-order valence-corrected chi connectivity index (χ1v) is 6.30. The van der Waals surface area contributed by atoms with Gasteiger partial charge in [0.2, 0.25) is 5.75 Å². The van der Waals surface area contributed by atoms with Crippen LogP contribution < -0.4 is 18.9 Å². The van der Waals surface area contributed by atoms with Crippen LogP contribution in [0.5, 0.6) is 23.0 Å². The van der Waals surface area contributed by atoms with Crippen LogP contribution in [0.15, 0.2) is 24.1 Å². The van der Waals surface area contributed by atoms with Gasteiger partial charge in [-0.3, -0.25) is 4.79 Å². The van der Waals surface area contributed by atoms with Crippen molar-refractivity contribution < 1.29 is 23.7 Å². The molecule has 0 saturated heterocycles. The van der Waals surface area contributed by atoms with Crippen molar-refractivity contribution in [2.45, 2.75) is 6.92 Å². The van der Waals surface area contributed by atoms with Gasteiger partial charge >= 0.3 is 0 Å². The number of carbonyl (C=O) groups is 1. The highest BCUT2D eigenvalue weighted by molar-refractivity contribution is 5.91. The maximum absolute atomic E-state index is 11.6. The Morgan fingerprint density at radius 1 is 1.05 bits per heavy atom. The molecule has 6 heteroatoms. The first-order valence-electron chi connectivity index (χ1n) is 6.30. The van der Waals surface area contributed by atoms with Crippen LogP contribution in [0.3, 0.4) is 0 Å². The van der Waals surface area contributed by atoms with Crippen LogP contribution in [0.25, 0.3) is 0 Å². The van der Waals surface area contributed by atoms with E-state index >= 15 is 0 Å². The smallest absolute Gasteiger partial charge is 0.203 e. The lowest BCUT2D eigenvalue weighted by molar-refractivity contribution is -0.115. The number of ether oxygens (including phenoxy) is 4. The third kappa shape index (κ3) is 4.30. The van der Waals surface area contributed by atoms with Gasteiger partial charge < -0.3 is 23.8 Å². The van der Waals surface area contributed by atoms with Gasteiger partial charge in [-0.1, -0.05) is 0 Å². The number of benzene rings is 1. The molecule has 0 amide bonds. The number of carbonyl (C=O) groups excluding carboxylic acids is 1. The molecule has 6 nitrogen and oxygen atoms in total. The van der Waals surface area contributed by atoms with Crippen molar-refractivity contribution in [3.05, 3.63) is 24.1 Å². The third-order valence-corrected chi connectivity index (χ3v) is 2.59. The second kappa shape index (κ2) is 7.42. The standard InChI is InChI=1S/C15H21NO5/c1-10(17)14(9-16(2)3)21-11-7-12(18-4)15(20-6)13(8-11)19-5/h7-9H,1-6H3/b14-9-. The van der Waals surface area contributed by atoms with Crippen molar-refractivity contribution in [2.24, 2.45) is 0 Å². The fraction of sp³-hybridized carbons (Fsp3) is 0.400. The second-order valence-electron chi connectivity index (χ2n) is 4.48. The molecule has 0 aromatic heterocycles. The average Bonchev–Trinajstić information content (AvgIpc) is 2.44. The molecule has 116 valence electrons. The molecule has 0 aliphatic rings. The van der Waals surface area contributed by atoms with Crippen LogP contribution in [0.1, 0.15) is 6.92 Å². The Labute approximate surface area is 124 Å². The first kappa shape index (κ1) is 16.7. The molecule has 21 heavy (non-hydrogen) atoms. The summed E-state index contributed by atoms with van der Waals surface area (Å²) in [5, 5.41) is 0. The predicted octanol–water partition coefficient (Wildman–Crippen LogP) is 2.08. The van der Waals surface area contributed by atoms with E-state index in [9.17, 15) is 4.79 Å². The zero-order valence-corrected chi connectivity index (χ0v) is 13.2. The molecule has 1 rings (SSSR count). The molecule has 0 N–H and O–H groups in total. The topological polar surface area (TPSA) is 57.2 Å². The molecule has 0 fully saturated rings. The minimum absolute atomic E-state index is 0.183. The minimum atomic E-state index is -0.183. The second-order valence-corrected chi connectivity index (χ2v) is 4.48. The molecule has 0 heterocycles. The lowest BCUT2D eigenvalue weighted by Crippen LogP contribution is -2.12. The predicted molar refractivity (Wildman–Crippen MR) is 79.2 cm³/mol. The summed E-state index contributed by atoms with van der Waals surface area (Å²) in [6.45, 7) is 1.44. The van der Waals surface area contributed by atoms with E-state index in [2.05, 4.69) is 0 Å². The van der Waals surface area contributed by atoms with E-state index in [-0.39, 0.29) is 11.5 Å². The Kier molecular flexibility index (Phi) is 5.90. The fourth-order valence-corrected chi connectivity index (χ4v) is 1.67. The maximum atomic E-state index is 11.6. The summed E-state index contributed by atoms with van der Waals surface area (Å²) in [5.74, 6) is 1.84. The van der Waals surface area contributed by atoms with Gasteiger partial charge in [0, 0.05) is 39.4 Å². The number of ketones is 1. The molecule has 0 bridgehead atoms. The van der Waals surface area contributed by atoms with E-state index in [0.29, 0.717) is 23.0 Å². The summed E-state index contributed by atoms with van der Waals surface area (Å²) in [7, 11) is 8.17. The number of hydrogen-bond donors (Lipinski definition) is 0. The van der Waals surface area contributed by atoms with Gasteiger partial charge in [0.1, 0.15) is 5.75 Å². The van der Waals surface area contributed by atoms with E-state index in [0.717, 1.165) is 0 Å². The molecular weight excluding hydrogens is 274 g/mol. The zero-order chi connectivity index (χ0) is 16.0. The van der Waals surface area contributed by atoms with Gasteiger partial charge in [0.05, 0.1) is 21.3 Å². The van der Waals surface area contributed by atoms with Gasteiger partial charge in [0.15, 0.2) is 23.0 Å². The van der Waals surface area contributed by atoms with Crippen LogP contribution >= 0.6 is 0 Å². The van der Waals surface area contributed by atoms with Gasteiger partial charge in [-0.25, -0.2) is 0 Å². The van der Waals surface area contributed by atoms with Gasteiger partial charge in [-0.2, -0.15) is 0 Å². The average molecular weight is 295 g/mol. The van der Waals surface area contributed by atoms with Crippen molar-refractivity contribution in [2.75, 3.05) is 35.4 Å². The highest BCUT2D eigenvalue weighted by atomic mass is 16.5. The summed E-state index contributed by atoms with van der Waals surface area (Å²) >= 11 is 0. The lowest BCUT2D eigenvalue weighted by atomic mass is 10.2. The van der Waals surface area contributed by atoms with Crippen molar-refractivity contribution in [1.29, 1.82) is 0 Å². The molecule has 1 aromatic carbocycles. The molecule has 0 saturated carbocycles. The summed E-state index contributed by atoms with van der Waals surface area (Å²) in [4.78, 5) is 13.3. The molecule has 0 radical (unpaired) electrons. The number of methoxy groups -OCH3 is 3. The Bertz CT molecular complexity index is 512. The van der Waals surface area contributed by atoms with Crippen molar-refractivity contribution in [3.63, 3.8) is 0 Å². The Hall–Kier alpha value is -2.37. The van der Waals surface area contributed by atoms with E-state index in [4.69, 9.17) is 18.9 Å². The number of hydrogen-bond acceptors (Lipinski definition) is 6. The highest BCUT2D eigenvalue weighted by Crippen LogP contribution is 2.41. The number of Topliss-reactive ketones (excluding diaryl/α,β-unsaturated/α-hetero) is 1. The Balaban J connectivity index is 3.22. The monoisotopic (exact) mass is 295 g/mol. The van der Waals surface area contributed by atoms with Crippen LogP contribution in [0.2, 0.25) is 0 Å². The van der Waals surface area contributed by atoms with Crippen molar-refractivity contribution in [3.8, 4) is 23.0 Å². The van der Waals surface area contributed by atoms with Crippen LogP contribution in [0, 0.1) is 0 Å². The molecule has 0 aliphatic carbocycles. The Morgan fingerprint density at radius 3 is 1.90 bits per heavy atom. The lowest BCUT2D eigenvalue weighted by Gasteiger charge is -2.15. The number of allylic oxidation sites excluding steroid dienone is 1. The van der Waals surface area contributed by atoms with E-state index < -0.39 is 0 Å². The largest absolute Gasteiger partial charge is 0.493 e. The highest BCUT2D eigenvalue weighted by Gasteiger charge is 2.16. The normalized spacial score (nSPS) is 10.9. The summed E-state index contributed by atoms with van der Waals surface area (Å²) < 4.78 is 21.3. The van der Waals surface area contributed by atoms with Crippen molar-refractivity contribution in [1.82, 2.24) is 4.90 Å². The van der Waals surface area contributed by atoms with Gasteiger partial charge in [-0.05, 0) is 0 Å². The summed E-state index contributed by atoms with van der Waals surface area (Å²) in [6.07, 6.45) is 1.60. The number of rotatable bonds is 7.